The Morgan fingerprint density at radius 1 is 1.12 bits per heavy atom. The molecule has 2 rings (SSSR count). The number of hydrogen-bond donors (Lipinski definition) is 2. The predicted octanol–water partition coefficient (Wildman–Crippen LogP) is 3.26. The molecular formula is C20H20N2O3. The van der Waals surface area contributed by atoms with Crippen molar-refractivity contribution in [1.82, 2.24) is 0 Å². The van der Waals surface area contributed by atoms with Gasteiger partial charge in [-0.1, -0.05) is 37.3 Å². The van der Waals surface area contributed by atoms with Gasteiger partial charge < -0.3 is 10.4 Å². The summed E-state index contributed by atoms with van der Waals surface area (Å²) < 4.78 is 0. The molecule has 2 aromatic rings. The summed E-state index contributed by atoms with van der Waals surface area (Å²) in [6.07, 6.45) is 0.391. The van der Waals surface area contributed by atoms with E-state index in [9.17, 15) is 9.59 Å². The number of nitriles is 1. The number of benzene rings is 2. The molecule has 2 unspecified atom stereocenters. The van der Waals surface area contributed by atoms with Crippen LogP contribution in [0.4, 0.5) is 5.69 Å². The highest BCUT2D eigenvalue weighted by atomic mass is 16.4. The van der Waals surface area contributed by atoms with Crippen LogP contribution in [0, 0.1) is 17.2 Å². The number of hydrogen-bond acceptors (Lipinski definition) is 4. The molecule has 0 aliphatic rings. The minimum Gasteiger partial charge on any atom is -0.481 e. The highest BCUT2D eigenvalue weighted by Gasteiger charge is 2.23. The highest BCUT2D eigenvalue weighted by Crippen LogP contribution is 2.16. The molecule has 25 heavy (non-hydrogen) atoms. The minimum absolute atomic E-state index is 0.0316. The fourth-order valence-electron chi connectivity index (χ4n) is 2.46. The van der Waals surface area contributed by atoms with Crippen molar-refractivity contribution in [2.45, 2.75) is 25.8 Å². The first-order valence-corrected chi connectivity index (χ1v) is 8.05. The second-order valence-electron chi connectivity index (χ2n) is 5.99. The van der Waals surface area contributed by atoms with Crippen LogP contribution in [0.25, 0.3) is 0 Å². The third-order valence-corrected chi connectivity index (χ3v) is 3.96. The molecule has 5 heteroatoms. The van der Waals surface area contributed by atoms with Crippen LogP contribution in [0.2, 0.25) is 0 Å². The van der Waals surface area contributed by atoms with E-state index in [2.05, 4.69) is 11.4 Å². The molecule has 0 aliphatic carbocycles. The molecule has 0 heterocycles. The second-order valence-corrected chi connectivity index (χ2v) is 5.99. The molecule has 0 aliphatic heterocycles. The van der Waals surface area contributed by atoms with Crippen LogP contribution in [-0.2, 0) is 16.0 Å². The molecule has 0 fully saturated rings. The van der Waals surface area contributed by atoms with Gasteiger partial charge in [0.1, 0.15) is 0 Å². The fourth-order valence-corrected chi connectivity index (χ4v) is 2.46. The van der Waals surface area contributed by atoms with Gasteiger partial charge in [-0.05, 0) is 36.2 Å². The van der Waals surface area contributed by atoms with Gasteiger partial charge in [-0.15, -0.1) is 0 Å². The van der Waals surface area contributed by atoms with E-state index in [0.29, 0.717) is 12.0 Å². The first-order valence-electron chi connectivity index (χ1n) is 8.05. The number of carbonyl (C=O) groups is 2. The van der Waals surface area contributed by atoms with Crippen LogP contribution in [0.1, 0.15) is 24.5 Å². The maximum Gasteiger partial charge on any atom is 0.306 e. The smallest absolute Gasteiger partial charge is 0.306 e. The lowest BCUT2D eigenvalue weighted by Crippen LogP contribution is -2.33. The van der Waals surface area contributed by atoms with Crippen LogP contribution in [0.5, 0.6) is 0 Å². The zero-order valence-electron chi connectivity index (χ0n) is 14.0. The maximum absolute atomic E-state index is 12.6. The van der Waals surface area contributed by atoms with Crippen molar-refractivity contribution in [1.29, 1.82) is 5.26 Å². The molecule has 128 valence electrons. The quantitative estimate of drug-likeness (QED) is 0.772. The SMILES string of the molecule is CC(CC(=O)C(Cc1ccc(C#N)cc1)Nc1ccccc1)C(=O)O. The van der Waals surface area contributed by atoms with Gasteiger partial charge in [0.2, 0.25) is 0 Å². The summed E-state index contributed by atoms with van der Waals surface area (Å²) in [4.78, 5) is 23.7. The average molecular weight is 336 g/mol. The summed E-state index contributed by atoms with van der Waals surface area (Å²) in [7, 11) is 0. The van der Waals surface area contributed by atoms with Crippen molar-refractivity contribution >= 4 is 17.4 Å². The molecule has 5 nitrogen and oxygen atoms in total. The Bertz CT molecular complexity index is 764. The summed E-state index contributed by atoms with van der Waals surface area (Å²) in [5.74, 6) is -1.86. The minimum atomic E-state index is -0.981. The largest absolute Gasteiger partial charge is 0.481 e. The normalized spacial score (nSPS) is 12.6. The van der Waals surface area contributed by atoms with E-state index in [0.717, 1.165) is 11.3 Å². The molecule has 0 bridgehead atoms. The molecule has 0 spiro atoms. The second kappa shape index (κ2) is 8.65. The summed E-state index contributed by atoms with van der Waals surface area (Å²) in [6, 6.07) is 17.9. The number of para-hydroxylation sites is 1. The number of nitrogens with zero attached hydrogens (tertiary/aromatic N) is 1. The Hall–Kier alpha value is -3.13. The van der Waals surface area contributed by atoms with Gasteiger partial charge in [0.25, 0.3) is 0 Å². The number of carboxylic acids is 1. The van der Waals surface area contributed by atoms with Crippen LogP contribution in [0.15, 0.2) is 54.6 Å². The summed E-state index contributed by atoms with van der Waals surface area (Å²) in [5.41, 5.74) is 2.27. The number of carbonyl (C=O) groups excluding carboxylic acids is 1. The van der Waals surface area contributed by atoms with E-state index in [1.54, 1.807) is 12.1 Å². The summed E-state index contributed by atoms with van der Waals surface area (Å²) in [6.45, 7) is 1.53. The Balaban J connectivity index is 2.16. The van der Waals surface area contributed by atoms with Crippen LogP contribution < -0.4 is 5.32 Å². The van der Waals surface area contributed by atoms with E-state index >= 15 is 0 Å². The van der Waals surface area contributed by atoms with Crippen molar-refractivity contribution < 1.29 is 14.7 Å². The van der Waals surface area contributed by atoms with E-state index < -0.39 is 17.9 Å². The van der Waals surface area contributed by atoms with Crippen molar-refractivity contribution in [2.24, 2.45) is 5.92 Å². The molecule has 0 radical (unpaired) electrons. The maximum atomic E-state index is 12.6. The monoisotopic (exact) mass is 336 g/mol. The van der Waals surface area contributed by atoms with Gasteiger partial charge in [-0.25, -0.2) is 0 Å². The third-order valence-electron chi connectivity index (χ3n) is 3.96. The average Bonchev–Trinajstić information content (AvgIpc) is 2.62. The Morgan fingerprint density at radius 3 is 2.32 bits per heavy atom. The summed E-state index contributed by atoms with van der Waals surface area (Å²) >= 11 is 0. The third kappa shape index (κ3) is 5.47. The number of aliphatic carboxylic acids is 1. The van der Waals surface area contributed by atoms with E-state index in [4.69, 9.17) is 10.4 Å². The number of nitrogens with one attached hydrogen (secondary N) is 1. The molecular weight excluding hydrogens is 316 g/mol. The lowest BCUT2D eigenvalue weighted by molar-refractivity contribution is -0.143. The number of rotatable bonds is 8. The van der Waals surface area contributed by atoms with Gasteiger partial charge in [-0.3, -0.25) is 9.59 Å². The zero-order valence-corrected chi connectivity index (χ0v) is 14.0. The van der Waals surface area contributed by atoms with Crippen molar-refractivity contribution in [3.05, 3.63) is 65.7 Å². The first kappa shape index (κ1) is 18.2. The Morgan fingerprint density at radius 2 is 1.76 bits per heavy atom. The number of anilines is 1. The van der Waals surface area contributed by atoms with Gasteiger partial charge >= 0.3 is 5.97 Å². The van der Waals surface area contributed by atoms with E-state index in [1.807, 2.05) is 42.5 Å². The standard InChI is InChI=1S/C20H20N2O3/c1-14(20(24)25)11-19(23)18(22-17-5-3-2-4-6-17)12-15-7-9-16(13-21)10-8-15/h2-10,14,18,22H,11-12H2,1H3,(H,24,25). The lowest BCUT2D eigenvalue weighted by atomic mass is 9.95. The zero-order chi connectivity index (χ0) is 18.2. The molecule has 2 N–H and O–H groups in total. The fraction of sp³-hybridized carbons (Fsp3) is 0.250. The van der Waals surface area contributed by atoms with E-state index in [-0.39, 0.29) is 12.2 Å². The van der Waals surface area contributed by atoms with Gasteiger partial charge in [-0.2, -0.15) is 5.26 Å². The number of carboxylic acid groups (broad SMARTS) is 1. The van der Waals surface area contributed by atoms with Crippen molar-refractivity contribution in [2.75, 3.05) is 5.32 Å². The Kier molecular flexibility index (Phi) is 6.30. The molecule has 0 saturated carbocycles. The van der Waals surface area contributed by atoms with Gasteiger partial charge in [0.15, 0.2) is 5.78 Å². The number of Topliss-reactive ketones (excluding diaryl/α,β-unsaturated/α-hetero) is 1. The highest BCUT2D eigenvalue weighted by molar-refractivity contribution is 5.90. The molecule has 0 aromatic heterocycles. The topological polar surface area (TPSA) is 90.2 Å². The first-order chi connectivity index (χ1) is 12.0. The molecule has 2 atom stereocenters. The molecule has 0 saturated heterocycles. The predicted molar refractivity (Wildman–Crippen MR) is 95.1 cm³/mol. The van der Waals surface area contributed by atoms with Crippen LogP contribution in [-0.4, -0.2) is 22.9 Å². The number of ketones is 1. The van der Waals surface area contributed by atoms with Crippen LogP contribution >= 0.6 is 0 Å². The van der Waals surface area contributed by atoms with Gasteiger partial charge in [0.05, 0.1) is 23.6 Å². The van der Waals surface area contributed by atoms with Gasteiger partial charge in [0, 0.05) is 12.1 Å². The lowest BCUT2D eigenvalue weighted by Gasteiger charge is -2.20. The summed E-state index contributed by atoms with van der Waals surface area (Å²) in [5, 5.41) is 21.1. The molecule has 0 amide bonds. The van der Waals surface area contributed by atoms with E-state index in [1.165, 1.54) is 6.92 Å². The molecule has 2 aromatic carbocycles. The van der Waals surface area contributed by atoms with Crippen LogP contribution in [0.3, 0.4) is 0 Å². The van der Waals surface area contributed by atoms with Crippen molar-refractivity contribution in [3.8, 4) is 6.07 Å². The Labute approximate surface area is 146 Å². The van der Waals surface area contributed by atoms with Crippen molar-refractivity contribution in [3.63, 3.8) is 0 Å².